The lowest BCUT2D eigenvalue weighted by Crippen LogP contribution is -2.31. The number of carbonyl (C=O) groups is 1. The van der Waals surface area contributed by atoms with Crippen LogP contribution in [0, 0.1) is 17.6 Å². The number of hydrogen-bond donors (Lipinski definition) is 2. The van der Waals surface area contributed by atoms with E-state index in [1.54, 1.807) is 6.20 Å². The van der Waals surface area contributed by atoms with Gasteiger partial charge in [0, 0.05) is 35.2 Å². The molecular weight excluding hydrogens is 466 g/mol. The van der Waals surface area contributed by atoms with Crippen LogP contribution in [0.1, 0.15) is 67.7 Å². The summed E-state index contributed by atoms with van der Waals surface area (Å²) in [4.78, 5) is 16.7. The number of rotatable bonds is 6. The van der Waals surface area contributed by atoms with Crippen LogP contribution < -0.4 is 5.32 Å². The number of aromatic nitrogens is 3. The van der Waals surface area contributed by atoms with Crippen LogP contribution in [-0.4, -0.2) is 32.3 Å². The number of carbonyl (C=O) groups excluding carboxylic acids is 1. The van der Waals surface area contributed by atoms with Crippen LogP contribution in [0.2, 0.25) is 0 Å². The molecule has 0 atom stereocenters. The highest BCUT2D eigenvalue weighted by atomic mass is 19.1. The van der Waals surface area contributed by atoms with Crippen LogP contribution in [0.15, 0.2) is 47.1 Å². The molecule has 1 aliphatic rings. The predicted molar refractivity (Wildman–Crippen MR) is 131 cm³/mol. The van der Waals surface area contributed by atoms with E-state index in [0.29, 0.717) is 12.4 Å². The van der Waals surface area contributed by atoms with Crippen LogP contribution in [0.25, 0.3) is 22.2 Å². The standard InChI is InChI=1S/C27H28F2N4O3/c1-15(2)27-31-13-24(36-27)17-5-6-18-14-33(32-23(18)11-17)20-7-3-16(4-8-20)12-30-26(35)19-9-21(28)25(34)22(29)10-19/h5-6,9-11,13-16,20,34H,3-4,7-8,12H2,1-2H3,(H,30,35)/t16-,20-. The molecule has 2 heterocycles. The fourth-order valence-electron chi connectivity index (χ4n) is 4.71. The minimum atomic E-state index is -1.15. The lowest BCUT2D eigenvalue weighted by Gasteiger charge is -2.28. The Labute approximate surface area is 207 Å². The Morgan fingerprint density at radius 3 is 2.56 bits per heavy atom. The minimum absolute atomic E-state index is 0.148. The molecule has 7 nitrogen and oxygen atoms in total. The van der Waals surface area contributed by atoms with Crippen LogP contribution in [0.3, 0.4) is 0 Å². The molecule has 2 aromatic heterocycles. The first-order valence-electron chi connectivity index (χ1n) is 12.2. The van der Waals surface area contributed by atoms with E-state index < -0.39 is 23.3 Å². The fraction of sp³-hybridized carbons (Fsp3) is 0.370. The number of amides is 1. The highest BCUT2D eigenvalue weighted by Crippen LogP contribution is 2.33. The molecule has 0 aliphatic heterocycles. The Balaban J connectivity index is 1.19. The van der Waals surface area contributed by atoms with Crippen molar-refractivity contribution in [1.82, 2.24) is 20.1 Å². The van der Waals surface area contributed by atoms with Crippen molar-refractivity contribution in [3.63, 3.8) is 0 Å². The molecule has 4 aromatic rings. The van der Waals surface area contributed by atoms with Gasteiger partial charge in [0.2, 0.25) is 0 Å². The van der Waals surface area contributed by atoms with Gasteiger partial charge in [-0.3, -0.25) is 9.48 Å². The first-order chi connectivity index (χ1) is 17.3. The first kappa shape index (κ1) is 24.0. The maximum atomic E-state index is 13.5. The molecule has 1 fully saturated rings. The zero-order valence-electron chi connectivity index (χ0n) is 20.2. The topological polar surface area (TPSA) is 93.2 Å². The molecular formula is C27H28F2N4O3. The Bertz CT molecular complexity index is 1380. The molecule has 0 bridgehead atoms. The normalized spacial score (nSPS) is 18.1. The summed E-state index contributed by atoms with van der Waals surface area (Å²) in [5, 5.41) is 17.8. The third kappa shape index (κ3) is 4.82. The molecule has 1 amide bonds. The second kappa shape index (κ2) is 9.72. The van der Waals surface area contributed by atoms with E-state index in [0.717, 1.165) is 60.0 Å². The highest BCUT2D eigenvalue weighted by Gasteiger charge is 2.24. The lowest BCUT2D eigenvalue weighted by atomic mass is 9.86. The van der Waals surface area contributed by atoms with Crippen molar-refractivity contribution in [3.05, 3.63) is 65.8 Å². The number of phenolic OH excluding ortho intramolecular Hbond substituents is 1. The van der Waals surface area contributed by atoms with E-state index in [9.17, 15) is 18.7 Å². The molecule has 0 spiro atoms. The number of benzene rings is 2. The minimum Gasteiger partial charge on any atom is -0.503 e. The second-order valence-corrected chi connectivity index (χ2v) is 9.77. The van der Waals surface area contributed by atoms with Gasteiger partial charge in [-0.05, 0) is 49.8 Å². The van der Waals surface area contributed by atoms with Crippen LogP contribution >= 0.6 is 0 Å². The summed E-state index contributed by atoms with van der Waals surface area (Å²) in [6.45, 7) is 4.51. The Morgan fingerprint density at radius 1 is 1.17 bits per heavy atom. The monoisotopic (exact) mass is 494 g/mol. The molecule has 1 aliphatic carbocycles. The van der Waals surface area contributed by atoms with E-state index in [2.05, 4.69) is 16.5 Å². The zero-order chi connectivity index (χ0) is 25.4. The van der Waals surface area contributed by atoms with Gasteiger partial charge >= 0.3 is 0 Å². The zero-order valence-corrected chi connectivity index (χ0v) is 20.2. The smallest absolute Gasteiger partial charge is 0.251 e. The summed E-state index contributed by atoms with van der Waals surface area (Å²) in [6, 6.07) is 8.03. The Hall–Kier alpha value is -3.75. The van der Waals surface area contributed by atoms with Crippen molar-refractivity contribution in [2.45, 2.75) is 51.5 Å². The number of hydrogen-bond acceptors (Lipinski definition) is 5. The van der Waals surface area contributed by atoms with Gasteiger partial charge in [-0.2, -0.15) is 5.10 Å². The SMILES string of the molecule is CC(C)c1ncc(-c2ccc3cn([C@H]4CC[C@H](CNC(=O)c5cc(F)c(O)c(F)c5)CC4)nc3c2)o1. The van der Waals surface area contributed by atoms with Crippen molar-refractivity contribution in [1.29, 1.82) is 0 Å². The van der Waals surface area contributed by atoms with Gasteiger partial charge in [0.1, 0.15) is 0 Å². The van der Waals surface area contributed by atoms with Crippen LogP contribution in [0.5, 0.6) is 5.75 Å². The summed E-state index contributed by atoms with van der Waals surface area (Å²) < 4.78 is 35.0. The van der Waals surface area contributed by atoms with E-state index in [-0.39, 0.29) is 23.4 Å². The summed E-state index contributed by atoms with van der Waals surface area (Å²) in [5.74, 6) is -2.00. The van der Waals surface area contributed by atoms with E-state index in [4.69, 9.17) is 9.52 Å². The second-order valence-electron chi connectivity index (χ2n) is 9.77. The number of nitrogens with one attached hydrogen (secondary N) is 1. The molecule has 0 unspecified atom stereocenters. The van der Waals surface area contributed by atoms with Gasteiger partial charge in [-0.15, -0.1) is 0 Å². The van der Waals surface area contributed by atoms with Gasteiger partial charge in [0.05, 0.1) is 17.8 Å². The first-order valence-corrected chi connectivity index (χ1v) is 12.2. The van der Waals surface area contributed by atoms with Crippen LogP contribution in [-0.2, 0) is 0 Å². The summed E-state index contributed by atoms with van der Waals surface area (Å²) in [5.41, 5.74) is 1.70. The average Bonchev–Trinajstić information content (AvgIpc) is 3.53. The maximum absolute atomic E-state index is 13.5. The maximum Gasteiger partial charge on any atom is 0.251 e. The average molecular weight is 495 g/mol. The van der Waals surface area contributed by atoms with Crippen molar-refractivity contribution in [2.75, 3.05) is 6.54 Å². The Kier molecular flexibility index (Phi) is 6.47. The summed E-state index contributed by atoms with van der Waals surface area (Å²) >= 11 is 0. The van der Waals surface area contributed by atoms with Crippen molar-refractivity contribution in [2.24, 2.45) is 5.92 Å². The summed E-state index contributed by atoms with van der Waals surface area (Å²) in [7, 11) is 0. The predicted octanol–water partition coefficient (Wildman–Crippen LogP) is 5.96. The third-order valence-corrected chi connectivity index (χ3v) is 6.85. The highest BCUT2D eigenvalue weighted by molar-refractivity contribution is 5.94. The molecule has 2 N–H and O–H groups in total. The molecule has 2 aromatic carbocycles. The molecule has 36 heavy (non-hydrogen) atoms. The quantitative estimate of drug-likeness (QED) is 0.345. The molecule has 1 saturated carbocycles. The van der Waals surface area contributed by atoms with E-state index in [1.165, 1.54) is 0 Å². The third-order valence-electron chi connectivity index (χ3n) is 6.85. The lowest BCUT2D eigenvalue weighted by molar-refractivity contribution is 0.0940. The molecule has 0 saturated heterocycles. The number of nitrogens with zero attached hydrogens (tertiary/aromatic N) is 3. The van der Waals surface area contributed by atoms with Crippen molar-refractivity contribution >= 4 is 16.8 Å². The van der Waals surface area contributed by atoms with Gasteiger partial charge in [0.25, 0.3) is 5.91 Å². The molecule has 0 radical (unpaired) electrons. The van der Waals surface area contributed by atoms with Crippen molar-refractivity contribution in [3.8, 4) is 17.1 Å². The number of fused-ring (bicyclic) bond motifs is 1. The van der Waals surface area contributed by atoms with Gasteiger partial charge in [-0.25, -0.2) is 13.8 Å². The van der Waals surface area contributed by atoms with Gasteiger partial charge in [0.15, 0.2) is 29.0 Å². The van der Waals surface area contributed by atoms with Crippen LogP contribution in [0.4, 0.5) is 8.78 Å². The van der Waals surface area contributed by atoms with Gasteiger partial charge < -0.3 is 14.8 Å². The fourth-order valence-corrected chi connectivity index (χ4v) is 4.71. The number of oxazole rings is 1. The summed E-state index contributed by atoms with van der Waals surface area (Å²) in [6.07, 6.45) is 7.47. The number of aromatic hydroxyl groups is 1. The molecule has 5 rings (SSSR count). The van der Waals surface area contributed by atoms with Gasteiger partial charge in [-0.1, -0.05) is 26.0 Å². The van der Waals surface area contributed by atoms with Crippen molar-refractivity contribution < 1.29 is 23.1 Å². The molecule has 188 valence electrons. The molecule has 9 heteroatoms. The largest absolute Gasteiger partial charge is 0.503 e. The van der Waals surface area contributed by atoms with E-state index >= 15 is 0 Å². The Morgan fingerprint density at radius 2 is 1.89 bits per heavy atom. The number of halogens is 2. The van der Waals surface area contributed by atoms with E-state index in [1.807, 2.05) is 36.7 Å². The number of phenols is 1.